The van der Waals surface area contributed by atoms with Crippen molar-refractivity contribution in [2.75, 3.05) is 13.1 Å². The molecule has 1 rings (SSSR count). The zero-order chi connectivity index (χ0) is 15.0. The topological polar surface area (TPSA) is 79.5 Å². The summed E-state index contributed by atoms with van der Waals surface area (Å²) in [4.78, 5) is 16.0. The second kappa shape index (κ2) is 8.58. The minimum absolute atomic E-state index is 0.110. The van der Waals surface area contributed by atoms with Crippen LogP contribution in [0, 0.1) is 0 Å². The maximum Gasteiger partial charge on any atom is 0.251 e. The van der Waals surface area contributed by atoms with Gasteiger partial charge in [0.05, 0.1) is 6.54 Å². The molecule has 5 nitrogen and oxygen atoms in total. The molecule has 1 amide bonds. The van der Waals surface area contributed by atoms with E-state index in [4.69, 9.17) is 5.73 Å². The van der Waals surface area contributed by atoms with Crippen LogP contribution in [0.3, 0.4) is 0 Å². The van der Waals surface area contributed by atoms with Crippen molar-refractivity contribution in [3.05, 3.63) is 34.3 Å². The van der Waals surface area contributed by atoms with Gasteiger partial charge in [-0.15, -0.1) is 0 Å². The number of halogens is 1. The molecule has 0 unspecified atom stereocenters. The van der Waals surface area contributed by atoms with E-state index in [0.29, 0.717) is 30.7 Å². The molecule has 1 aromatic rings. The predicted octanol–water partition coefficient (Wildman–Crippen LogP) is 1.88. The zero-order valence-corrected chi connectivity index (χ0v) is 13.4. The highest BCUT2D eigenvalue weighted by Gasteiger charge is 2.04. The molecule has 0 radical (unpaired) electrons. The molecule has 0 aliphatic rings. The molecule has 0 spiro atoms. The minimum Gasteiger partial charge on any atom is -0.370 e. The van der Waals surface area contributed by atoms with Crippen LogP contribution in [0.4, 0.5) is 0 Å². The predicted molar refractivity (Wildman–Crippen MR) is 85.9 cm³/mol. The van der Waals surface area contributed by atoms with E-state index in [1.807, 2.05) is 19.1 Å². The number of benzene rings is 1. The van der Waals surface area contributed by atoms with Gasteiger partial charge in [-0.3, -0.25) is 9.79 Å². The third kappa shape index (κ3) is 6.06. The minimum atomic E-state index is -0.110. The third-order valence-corrected chi connectivity index (χ3v) is 3.32. The molecule has 4 N–H and O–H groups in total. The molecule has 110 valence electrons. The van der Waals surface area contributed by atoms with Gasteiger partial charge in [-0.1, -0.05) is 22.9 Å². The number of hydrogen-bond donors (Lipinski definition) is 3. The highest BCUT2D eigenvalue weighted by Crippen LogP contribution is 2.10. The molecule has 0 heterocycles. The Labute approximate surface area is 128 Å². The fourth-order valence-corrected chi connectivity index (χ4v) is 1.71. The van der Waals surface area contributed by atoms with Crippen LogP contribution in [0.15, 0.2) is 33.7 Å². The van der Waals surface area contributed by atoms with Crippen molar-refractivity contribution in [1.29, 1.82) is 0 Å². The molecule has 1 atom stereocenters. The van der Waals surface area contributed by atoms with Gasteiger partial charge in [0, 0.05) is 22.6 Å². The lowest BCUT2D eigenvalue weighted by molar-refractivity contribution is 0.0955. The molecule has 20 heavy (non-hydrogen) atoms. The fraction of sp³-hybridized carbons (Fsp3) is 0.429. The number of rotatable bonds is 6. The first kappa shape index (κ1) is 16.5. The van der Waals surface area contributed by atoms with Crippen LogP contribution in [0.5, 0.6) is 0 Å². The summed E-state index contributed by atoms with van der Waals surface area (Å²) >= 11 is 3.33. The summed E-state index contributed by atoms with van der Waals surface area (Å²) in [6.07, 6.45) is 0.983. The average Bonchev–Trinajstić information content (AvgIpc) is 2.44. The highest BCUT2D eigenvalue weighted by molar-refractivity contribution is 9.10. The SMILES string of the molecule is CC[C@H](C)NC(N)=NCCNC(=O)c1ccc(Br)cc1. The number of nitrogens with two attached hydrogens (primary N) is 1. The number of aliphatic imine (C=N–C) groups is 1. The number of carbonyl (C=O) groups is 1. The molecule has 1 aromatic carbocycles. The van der Waals surface area contributed by atoms with Crippen molar-refractivity contribution >= 4 is 27.8 Å². The molecule has 0 aliphatic carbocycles. The van der Waals surface area contributed by atoms with Gasteiger partial charge in [-0.25, -0.2) is 0 Å². The lowest BCUT2D eigenvalue weighted by atomic mass is 10.2. The molecule has 0 bridgehead atoms. The van der Waals surface area contributed by atoms with Crippen LogP contribution in [0.1, 0.15) is 30.6 Å². The summed E-state index contributed by atoms with van der Waals surface area (Å²) in [7, 11) is 0. The number of guanidine groups is 1. The maximum atomic E-state index is 11.8. The number of amides is 1. The van der Waals surface area contributed by atoms with E-state index >= 15 is 0 Å². The Morgan fingerprint density at radius 3 is 2.65 bits per heavy atom. The van der Waals surface area contributed by atoms with E-state index in [0.717, 1.165) is 10.9 Å². The van der Waals surface area contributed by atoms with Gasteiger partial charge >= 0.3 is 0 Å². The monoisotopic (exact) mass is 340 g/mol. The number of nitrogens with one attached hydrogen (secondary N) is 2. The molecular formula is C14H21BrN4O. The maximum absolute atomic E-state index is 11.8. The van der Waals surface area contributed by atoms with Gasteiger partial charge in [-0.2, -0.15) is 0 Å². The third-order valence-electron chi connectivity index (χ3n) is 2.79. The molecule has 0 aromatic heterocycles. The second-order valence-electron chi connectivity index (χ2n) is 4.48. The van der Waals surface area contributed by atoms with Crippen LogP contribution in [-0.2, 0) is 0 Å². The smallest absolute Gasteiger partial charge is 0.251 e. The molecule has 0 aliphatic heterocycles. The summed E-state index contributed by atoms with van der Waals surface area (Å²) in [5.74, 6) is 0.304. The standard InChI is InChI=1S/C14H21BrN4O/c1-3-10(2)19-14(16)18-9-8-17-13(20)11-4-6-12(15)7-5-11/h4-7,10H,3,8-9H2,1-2H3,(H,17,20)(H3,16,18,19)/t10-/m0/s1. The molecule has 0 fully saturated rings. The van der Waals surface area contributed by atoms with Crippen LogP contribution >= 0.6 is 15.9 Å². The largest absolute Gasteiger partial charge is 0.370 e. The van der Waals surface area contributed by atoms with Gasteiger partial charge < -0.3 is 16.4 Å². The summed E-state index contributed by atoms with van der Waals surface area (Å²) in [5.41, 5.74) is 6.34. The van der Waals surface area contributed by atoms with Crippen molar-refractivity contribution in [2.24, 2.45) is 10.7 Å². The Morgan fingerprint density at radius 1 is 1.40 bits per heavy atom. The van der Waals surface area contributed by atoms with Gasteiger partial charge in [0.2, 0.25) is 0 Å². The van der Waals surface area contributed by atoms with Crippen LogP contribution < -0.4 is 16.4 Å². The van der Waals surface area contributed by atoms with Crippen molar-refractivity contribution < 1.29 is 4.79 Å². The molecule has 0 saturated heterocycles. The molecule has 6 heteroatoms. The normalized spacial score (nSPS) is 12.8. The van der Waals surface area contributed by atoms with E-state index in [-0.39, 0.29) is 5.91 Å². The van der Waals surface area contributed by atoms with Crippen LogP contribution in [0.25, 0.3) is 0 Å². The second-order valence-corrected chi connectivity index (χ2v) is 5.40. The first-order valence-corrected chi connectivity index (χ1v) is 7.42. The molecule has 0 saturated carbocycles. The number of carbonyl (C=O) groups excluding carboxylic acids is 1. The Bertz CT molecular complexity index is 459. The van der Waals surface area contributed by atoms with Crippen LogP contribution in [-0.4, -0.2) is 31.0 Å². The number of hydrogen-bond acceptors (Lipinski definition) is 2. The lowest BCUT2D eigenvalue weighted by Crippen LogP contribution is -2.38. The van der Waals surface area contributed by atoms with Gasteiger partial charge in [0.15, 0.2) is 5.96 Å². The Balaban J connectivity index is 2.32. The lowest BCUT2D eigenvalue weighted by Gasteiger charge is -2.11. The summed E-state index contributed by atoms with van der Waals surface area (Å²) < 4.78 is 0.947. The first-order valence-electron chi connectivity index (χ1n) is 6.63. The highest BCUT2D eigenvalue weighted by atomic mass is 79.9. The van der Waals surface area contributed by atoms with Crippen molar-refractivity contribution in [1.82, 2.24) is 10.6 Å². The zero-order valence-electron chi connectivity index (χ0n) is 11.8. The Morgan fingerprint density at radius 2 is 2.05 bits per heavy atom. The van der Waals surface area contributed by atoms with Gasteiger partial charge in [0.25, 0.3) is 5.91 Å². The van der Waals surface area contributed by atoms with Crippen LogP contribution in [0.2, 0.25) is 0 Å². The molecular weight excluding hydrogens is 320 g/mol. The van der Waals surface area contributed by atoms with E-state index in [1.54, 1.807) is 12.1 Å². The summed E-state index contributed by atoms with van der Waals surface area (Å²) in [6, 6.07) is 7.50. The summed E-state index contributed by atoms with van der Waals surface area (Å²) in [5, 5.41) is 5.86. The van der Waals surface area contributed by atoms with E-state index in [1.165, 1.54) is 0 Å². The number of nitrogens with zero attached hydrogens (tertiary/aromatic N) is 1. The van der Waals surface area contributed by atoms with Gasteiger partial charge in [-0.05, 0) is 37.6 Å². The van der Waals surface area contributed by atoms with E-state index < -0.39 is 0 Å². The Kier molecular flexibility index (Phi) is 7.08. The van der Waals surface area contributed by atoms with E-state index in [9.17, 15) is 4.79 Å². The fourth-order valence-electron chi connectivity index (χ4n) is 1.45. The van der Waals surface area contributed by atoms with E-state index in [2.05, 4.69) is 38.5 Å². The Hall–Kier alpha value is -1.56. The quantitative estimate of drug-likeness (QED) is 0.420. The van der Waals surface area contributed by atoms with Gasteiger partial charge in [0.1, 0.15) is 0 Å². The average molecular weight is 341 g/mol. The first-order chi connectivity index (χ1) is 9.52. The van der Waals surface area contributed by atoms with Crippen molar-refractivity contribution in [2.45, 2.75) is 26.3 Å². The summed E-state index contributed by atoms with van der Waals surface area (Å²) in [6.45, 7) is 5.02. The van der Waals surface area contributed by atoms with Crippen molar-refractivity contribution in [3.63, 3.8) is 0 Å². The van der Waals surface area contributed by atoms with Crippen molar-refractivity contribution in [3.8, 4) is 0 Å².